The van der Waals surface area contributed by atoms with Crippen LogP contribution in [0.15, 0.2) is 12.1 Å². The number of hydrogen-bond donors (Lipinski definition) is 1. The lowest BCUT2D eigenvalue weighted by Crippen LogP contribution is -1.91. The molecule has 2 heteroatoms. The Hall–Kier alpha value is -1.49. The van der Waals surface area contributed by atoms with Crippen LogP contribution in [-0.2, 0) is 0 Å². The molecule has 0 heterocycles. The fraction of sp³-hybridized carbons (Fsp3) is 0.364. The quantitative estimate of drug-likeness (QED) is 0.713. The number of hydrogen-bond acceptors (Lipinski definition) is 2. The van der Waals surface area contributed by atoms with Crippen molar-refractivity contribution in [3.63, 3.8) is 0 Å². The zero-order valence-electron chi connectivity index (χ0n) is 8.13. The van der Waals surface area contributed by atoms with Gasteiger partial charge in [0.15, 0.2) is 0 Å². The lowest BCUT2D eigenvalue weighted by molar-refractivity contribution is 0.464. The predicted octanol–water partition coefficient (Wildman–Crippen LogP) is 2.70. The van der Waals surface area contributed by atoms with Crippen molar-refractivity contribution >= 4 is 0 Å². The van der Waals surface area contributed by atoms with E-state index in [2.05, 4.69) is 0 Å². The topological polar surface area (TPSA) is 44.0 Å². The van der Waals surface area contributed by atoms with Crippen molar-refractivity contribution in [2.45, 2.75) is 26.7 Å². The van der Waals surface area contributed by atoms with E-state index in [0.29, 0.717) is 5.56 Å². The van der Waals surface area contributed by atoms with Gasteiger partial charge in [0, 0.05) is 0 Å². The van der Waals surface area contributed by atoms with Crippen molar-refractivity contribution in [1.82, 2.24) is 0 Å². The van der Waals surface area contributed by atoms with Crippen LogP contribution in [0.3, 0.4) is 0 Å². The highest BCUT2D eigenvalue weighted by Crippen LogP contribution is 2.28. The maximum atomic E-state index is 9.57. The van der Waals surface area contributed by atoms with E-state index < -0.39 is 0 Å². The lowest BCUT2D eigenvalue weighted by Gasteiger charge is -2.09. The van der Waals surface area contributed by atoms with Gasteiger partial charge in [0.2, 0.25) is 0 Å². The largest absolute Gasteiger partial charge is 0.508 e. The molecule has 0 spiro atoms. The first-order chi connectivity index (χ1) is 6.06. The second kappa shape index (κ2) is 3.49. The van der Waals surface area contributed by atoms with E-state index >= 15 is 0 Å². The Kier molecular flexibility index (Phi) is 2.57. The standard InChI is InChI=1S/C11H13NO/c1-7(2)10-4-8(3)9(6-12)5-11(10)13/h4-5,7,13H,1-3H3. The first kappa shape index (κ1) is 9.60. The van der Waals surface area contributed by atoms with Gasteiger partial charge in [-0.05, 0) is 30.0 Å². The smallest absolute Gasteiger partial charge is 0.120 e. The highest BCUT2D eigenvalue weighted by Gasteiger charge is 2.08. The van der Waals surface area contributed by atoms with Crippen LogP contribution in [0.4, 0.5) is 0 Å². The van der Waals surface area contributed by atoms with Crippen LogP contribution in [0.1, 0.15) is 36.5 Å². The van der Waals surface area contributed by atoms with Crippen molar-refractivity contribution in [3.05, 3.63) is 28.8 Å². The summed E-state index contributed by atoms with van der Waals surface area (Å²) in [5, 5.41) is 18.3. The second-order valence-electron chi connectivity index (χ2n) is 3.49. The number of benzene rings is 1. The molecule has 0 aliphatic carbocycles. The predicted molar refractivity (Wildman–Crippen MR) is 51.6 cm³/mol. The Morgan fingerprint density at radius 3 is 2.46 bits per heavy atom. The Balaban J connectivity index is 3.31. The van der Waals surface area contributed by atoms with Gasteiger partial charge in [-0.2, -0.15) is 5.26 Å². The molecule has 1 rings (SSSR count). The Morgan fingerprint density at radius 2 is 2.00 bits per heavy atom. The molecule has 0 saturated carbocycles. The van der Waals surface area contributed by atoms with E-state index in [1.54, 1.807) is 0 Å². The SMILES string of the molecule is Cc1cc(C(C)C)c(O)cc1C#N. The van der Waals surface area contributed by atoms with Crippen LogP contribution in [0.5, 0.6) is 5.75 Å². The van der Waals surface area contributed by atoms with Crippen molar-refractivity contribution in [1.29, 1.82) is 5.26 Å². The van der Waals surface area contributed by atoms with E-state index in [9.17, 15) is 5.11 Å². The van der Waals surface area contributed by atoms with Crippen LogP contribution >= 0.6 is 0 Å². The van der Waals surface area contributed by atoms with Gasteiger partial charge in [-0.25, -0.2) is 0 Å². The molecule has 0 fully saturated rings. The molecule has 0 saturated heterocycles. The number of phenolic OH excluding ortho intramolecular Hbond substituents is 1. The van der Waals surface area contributed by atoms with Crippen molar-refractivity contribution < 1.29 is 5.11 Å². The summed E-state index contributed by atoms with van der Waals surface area (Å²) in [6.45, 7) is 5.91. The van der Waals surface area contributed by atoms with Crippen molar-refractivity contribution in [3.8, 4) is 11.8 Å². The van der Waals surface area contributed by atoms with Gasteiger partial charge in [-0.3, -0.25) is 0 Å². The maximum Gasteiger partial charge on any atom is 0.120 e. The van der Waals surface area contributed by atoms with E-state index in [4.69, 9.17) is 5.26 Å². The third-order valence-electron chi connectivity index (χ3n) is 2.12. The van der Waals surface area contributed by atoms with Gasteiger partial charge in [0.05, 0.1) is 11.6 Å². The van der Waals surface area contributed by atoms with Crippen LogP contribution < -0.4 is 0 Å². The second-order valence-corrected chi connectivity index (χ2v) is 3.49. The number of rotatable bonds is 1. The molecular formula is C11H13NO. The average molecular weight is 175 g/mol. The highest BCUT2D eigenvalue weighted by atomic mass is 16.3. The fourth-order valence-corrected chi connectivity index (χ4v) is 1.30. The summed E-state index contributed by atoms with van der Waals surface area (Å²) >= 11 is 0. The Bertz CT molecular complexity index is 361. The van der Waals surface area contributed by atoms with E-state index in [-0.39, 0.29) is 11.7 Å². The minimum Gasteiger partial charge on any atom is -0.508 e. The molecule has 0 unspecified atom stereocenters. The number of aromatic hydroxyl groups is 1. The van der Waals surface area contributed by atoms with Crippen LogP contribution in [0.25, 0.3) is 0 Å². The van der Waals surface area contributed by atoms with E-state index in [1.807, 2.05) is 32.9 Å². The molecule has 2 nitrogen and oxygen atoms in total. The highest BCUT2D eigenvalue weighted by molar-refractivity contribution is 5.47. The molecular weight excluding hydrogens is 162 g/mol. The summed E-state index contributed by atoms with van der Waals surface area (Å²) in [7, 11) is 0. The molecule has 0 aliphatic rings. The van der Waals surface area contributed by atoms with Crippen LogP contribution in [-0.4, -0.2) is 5.11 Å². The zero-order valence-corrected chi connectivity index (χ0v) is 8.13. The normalized spacial score (nSPS) is 10.1. The zero-order chi connectivity index (χ0) is 10.0. The minimum atomic E-state index is 0.220. The molecule has 0 aromatic heterocycles. The fourth-order valence-electron chi connectivity index (χ4n) is 1.30. The average Bonchev–Trinajstić information content (AvgIpc) is 2.07. The summed E-state index contributed by atoms with van der Waals surface area (Å²) in [6, 6.07) is 5.45. The number of aryl methyl sites for hydroxylation is 1. The molecule has 1 N–H and O–H groups in total. The number of nitriles is 1. The Labute approximate surface area is 78.4 Å². The molecule has 0 bridgehead atoms. The van der Waals surface area contributed by atoms with Crippen LogP contribution in [0, 0.1) is 18.3 Å². The number of nitrogens with zero attached hydrogens (tertiary/aromatic N) is 1. The molecule has 0 amide bonds. The monoisotopic (exact) mass is 175 g/mol. The van der Waals surface area contributed by atoms with Crippen molar-refractivity contribution in [2.75, 3.05) is 0 Å². The summed E-state index contributed by atoms with van der Waals surface area (Å²) in [5.41, 5.74) is 2.36. The molecule has 1 aromatic carbocycles. The lowest BCUT2D eigenvalue weighted by atomic mass is 9.97. The third-order valence-corrected chi connectivity index (χ3v) is 2.12. The van der Waals surface area contributed by atoms with Gasteiger partial charge in [0.25, 0.3) is 0 Å². The van der Waals surface area contributed by atoms with Gasteiger partial charge in [0.1, 0.15) is 5.75 Å². The van der Waals surface area contributed by atoms with E-state index in [0.717, 1.165) is 11.1 Å². The first-order valence-electron chi connectivity index (χ1n) is 4.30. The molecule has 68 valence electrons. The van der Waals surface area contributed by atoms with Gasteiger partial charge < -0.3 is 5.11 Å². The summed E-state index contributed by atoms with van der Waals surface area (Å²) < 4.78 is 0. The van der Waals surface area contributed by atoms with Gasteiger partial charge in [-0.1, -0.05) is 19.9 Å². The third kappa shape index (κ3) is 1.81. The molecule has 0 radical (unpaired) electrons. The molecule has 0 atom stereocenters. The summed E-state index contributed by atoms with van der Waals surface area (Å²) in [4.78, 5) is 0. The Morgan fingerprint density at radius 1 is 1.38 bits per heavy atom. The van der Waals surface area contributed by atoms with Crippen LogP contribution in [0.2, 0.25) is 0 Å². The summed E-state index contributed by atoms with van der Waals surface area (Å²) in [5.74, 6) is 0.503. The molecule has 13 heavy (non-hydrogen) atoms. The molecule has 1 aromatic rings. The van der Waals surface area contributed by atoms with Gasteiger partial charge in [-0.15, -0.1) is 0 Å². The van der Waals surface area contributed by atoms with E-state index in [1.165, 1.54) is 6.07 Å². The van der Waals surface area contributed by atoms with Gasteiger partial charge >= 0.3 is 0 Å². The maximum absolute atomic E-state index is 9.57. The molecule has 0 aliphatic heterocycles. The first-order valence-corrected chi connectivity index (χ1v) is 4.30. The minimum absolute atomic E-state index is 0.220. The summed E-state index contributed by atoms with van der Waals surface area (Å²) in [6.07, 6.45) is 0. The number of phenols is 1. The van der Waals surface area contributed by atoms with Crippen molar-refractivity contribution in [2.24, 2.45) is 0 Å².